The molecule has 7 heteroatoms. The molecule has 0 atom stereocenters. The number of thiol groups is 1. The third-order valence-electron chi connectivity index (χ3n) is 3.43. The van der Waals surface area contributed by atoms with E-state index in [1.54, 1.807) is 36.4 Å². The summed E-state index contributed by atoms with van der Waals surface area (Å²) >= 11 is 4.25. The third-order valence-corrected chi connectivity index (χ3v) is 3.82. The van der Waals surface area contributed by atoms with E-state index in [1.165, 1.54) is 13.0 Å². The van der Waals surface area contributed by atoms with Gasteiger partial charge >= 0.3 is 5.97 Å². The van der Waals surface area contributed by atoms with Crippen LogP contribution in [0.1, 0.15) is 34.1 Å². The van der Waals surface area contributed by atoms with E-state index in [2.05, 4.69) is 23.3 Å². The van der Waals surface area contributed by atoms with Crippen molar-refractivity contribution in [1.29, 1.82) is 0 Å². The molecule has 0 radical (unpaired) electrons. The lowest BCUT2D eigenvalue weighted by Crippen LogP contribution is -2.30. The zero-order chi connectivity index (χ0) is 18.9. The van der Waals surface area contributed by atoms with E-state index in [-0.39, 0.29) is 11.8 Å². The number of amides is 2. The van der Waals surface area contributed by atoms with Crippen molar-refractivity contribution in [3.8, 4) is 5.75 Å². The van der Waals surface area contributed by atoms with E-state index in [4.69, 9.17) is 4.74 Å². The number of carbonyl (C=O) groups is 3. The Kier molecular flexibility index (Phi) is 7.23. The van der Waals surface area contributed by atoms with Gasteiger partial charge in [-0.15, -0.1) is 12.6 Å². The second kappa shape index (κ2) is 9.62. The second-order valence-corrected chi connectivity index (χ2v) is 5.99. The molecule has 2 rings (SSSR count). The van der Waals surface area contributed by atoms with Crippen molar-refractivity contribution in [2.75, 3.05) is 13.1 Å². The van der Waals surface area contributed by atoms with E-state index in [0.29, 0.717) is 41.3 Å². The average molecular weight is 372 g/mol. The van der Waals surface area contributed by atoms with Crippen molar-refractivity contribution in [3.05, 3.63) is 59.7 Å². The van der Waals surface area contributed by atoms with Crippen LogP contribution in [0.3, 0.4) is 0 Å². The molecule has 2 amide bonds. The second-order valence-electron chi connectivity index (χ2n) is 5.50. The van der Waals surface area contributed by atoms with Gasteiger partial charge in [0, 0.05) is 30.5 Å². The van der Waals surface area contributed by atoms with Gasteiger partial charge in [0.15, 0.2) is 0 Å². The minimum absolute atomic E-state index is 0.198. The Morgan fingerprint density at radius 1 is 0.962 bits per heavy atom. The summed E-state index contributed by atoms with van der Waals surface area (Å²) in [6.07, 6.45) is 0.579. The Hall–Kier alpha value is -2.80. The Bertz CT molecular complexity index is 808. The number of carbonyl (C=O) groups excluding carboxylic acids is 3. The lowest BCUT2D eigenvalue weighted by Gasteiger charge is -2.09. The van der Waals surface area contributed by atoms with Crippen molar-refractivity contribution in [2.24, 2.45) is 0 Å². The molecule has 0 aliphatic heterocycles. The Morgan fingerprint density at radius 2 is 1.65 bits per heavy atom. The first-order valence-electron chi connectivity index (χ1n) is 8.10. The number of rotatable bonds is 7. The summed E-state index contributed by atoms with van der Waals surface area (Å²) in [6.45, 7) is 2.13. The van der Waals surface area contributed by atoms with Crippen LogP contribution in [0.2, 0.25) is 0 Å². The largest absolute Gasteiger partial charge is 0.427 e. The maximum Gasteiger partial charge on any atom is 0.308 e. The zero-order valence-corrected chi connectivity index (χ0v) is 15.2. The molecular formula is C19H20N2O4S. The highest BCUT2D eigenvalue weighted by molar-refractivity contribution is 7.80. The fraction of sp³-hybridized carbons (Fsp3) is 0.211. The summed E-state index contributed by atoms with van der Waals surface area (Å²) in [7, 11) is 0. The summed E-state index contributed by atoms with van der Waals surface area (Å²) in [4.78, 5) is 35.7. The van der Waals surface area contributed by atoms with Gasteiger partial charge < -0.3 is 15.4 Å². The smallest absolute Gasteiger partial charge is 0.308 e. The number of benzene rings is 2. The molecule has 0 unspecified atom stereocenters. The molecule has 0 bridgehead atoms. The Morgan fingerprint density at radius 3 is 2.35 bits per heavy atom. The molecule has 0 saturated heterocycles. The number of hydrogen-bond donors (Lipinski definition) is 3. The number of hydrogen-bond acceptors (Lipinski definition) is 5. The van der Waals surface area contributed by atoms with Crippen LogP contribution >= 0.6 is 12.6 Å². The molecule has 0 saturated carbocycles. The van der Waals surface area contributed by atoms with Gasteiger partial charge in [-0.05, 0) is 36.8 Å². The molecular weight excluding hydrogens is 352 g/mol. The third kappa shape index (κ3) is 5.93. The van der Waals surface area contributed by atoms with Gasteiger partial charge in [-0.3, -0.25) is 14.4 Å². The summed E-state index contributed by atoms with van der Waals surface area (Å²) in [5.41, 5.74) is 0.916. The van der Waals surface area contributed by atoms with Crippen molar-refractivity contribution in [2.45, 2.75) is 18.2 Å². The Labute approximate surface area is 157 Å². The van der Waals surface area contributed by atoms with Crippen molar-refractivity contribution in [3.63, 3.8) is 0 Å². The van der Waals surface area contributed by atoms with Gasteiger partial charge in [-0.2, -0.15) is 0 Å². The molecule has 0 aliphatic carbocycles. The van der Waals surface area contributed by atoms with E-state index in [9.17, 15) is 14.4 Å². The molecule has 2 aromatic carbocycles. The summed E-state index contributed by atoms with van der Waals surface area (Å²) < 4.78 is 4.95. The molecule has 0 aliphatic rings. The summed E-state index contributed by atoms with van der Waals surface area (Å²) in [5.74, 6) is -0.592. The normalized spacial score (nSPS) is 10.1. The zero-order valence-electron chi connectivity index (χ0n) is 14.3. The van der Waals surface area contributed by atoms with E-state index < -0.39 is 5.97 Å². The van der Waals surface area contributed by atoms with Crippen LogP contribution in [0.4, 0.5) is 0 Å². The molecule has 26 heavy (non-hydrogen) atoms. The molecule has 0 fully saturated rings. The minimum Gasteiger partial charge on any atom is -0.427 e. The van der Waals surface area contributed by atoms with Crippen LogP contribution < -0.4 is 15.4 Å². The minimum atomic E-state index is -0.443. The van der Waals surface area contributed by atoms with E-state index in [0.717, 1.165) is 0 Å². The first-order valence-corrected chi connectivity index (χ1v) is 8.55. The first-order chi connectivity index (χ1) is 12.5. The highest BCUT2D eigenvalue weighted by Crippen LogP contribution is 2.14. The highest BCUT2D eigenvalue weighted by atomic mass is 32.1. The maximum absolute atomic E-state index is 12.1. The van der Waals surface area contributed by atoms with Gasteiger partial charge in [-0.1, -0.05) is 18.2 Å². The maximum atomic E-state index is 12.1. The fourth-order valence-corrected chi connectivity index (χ4v) is 2.48. The molecule has 0 spiro atoms. The molecule has 136 valence electrons. The van der Waals surface area contributed by atoms with Gasteiger partial charge in [0.2, 0.25) is 0 Å². The predicted molar refractivity (Wildman–Crippen MR) is 101 cm³/mol. The topological polar surface area (TPSA) is 84.5 Å². The average Bonchev–Trinajstić information content (AvgIpc) is 2.61. The van der Waals surface area contributed by atoms with Crippen LogP contribution in [-0.4, -0.2) is 30.9 Å². The lowest BCUT2D eigenvalue weighted by molar-refractivity contribution is -0.131. The van der Waals surface area contributed by atoms with Gasteiger partial charge in [0.05, 0.1) is 5.56 Å². The molecule has 6 nitrogen and oxygen atoms in total. The van der Waals surface area contributed by atoms with Crippen molar-refractivity contribution < 1.29 is 19.1 Å². The number of nitrogens with one attached hydrogen (secondary N) is 2. The van der Waals surface area contributed by atoms with E-state index >= 15 is 0 Å². The molecule has 0 heterocycles. The highest BCUT2D eigenvalue weighted by Gasteiger charge is 2.09. The quantitative estimate of drug-likeness (QED) is 0.302. The van der Waals surface area contributed by atoms with Crippen LogP contribution in [0.5, 0.6) is 5.75 Å². The Balaban J connectivity index is 1.74. The van der Waals surface area contributed by atoms with Crippen LogP contribution in [0.25, 0.3) is 0 Å². The monoisotopic (exact) mass is 372 g/mol. The first kappa shape index (κ1) is 19.5. The van der Waals surface area contributed by atoms with Crippen LogP contribution in [0.15, 0.2) is 53.4 Å². The van der Waals surface area contributed by atoms with Crippen molar-refractivity contribution >= 4 is 30.4 Å². The molecule has 2 aromatic rings. The van der Waals surface area contributed by atoms with E-state index in [1.807, 2.05) is 6.07 Å². The lowest BCUT2D eigenvalue weighted by atomic mass is 10.2. The summed E-state index contributed by atoms with van der Waals surface area (Å²) in [5, 5.41) is 5.55. The summed E-state index contributed by atoms with van der Waals surface area (Å²) in [6, 6.07) is 13.4. The van der Waals surface area contributed by atoms with Gasteiger partial charge in [0.25, 0.3) is 11.8 Å². The van der Waals surface area contributed by atoms with Gasteiger partial charge in [0.1, 0.15) is 5.75 Å². The standard InChI is InChI=1S/C19H20N2O4S/c1-13(22)25-15-7-4-6-14(12-15)18(23)20-10-5-11-21-19(24)16-8-2-3-9-17(16)26/h2-4,6-9,12,26H,5,10-11H2,1H3,(H,20,23)(H,21,24). The van der Waals surface area contributed by atoms with Crippen molar-refractivity contribution in [1.82, 2.24) is 10.6 Å². The number of ether oxygens (including phenoxy) is 1. The predicted octanol–water partition coefficient (Wildman–Crippen LogP) is 2.45. The van der Waals surface area contributed by atoms with Crippen LogP contribution in [-0.2, 0) is 4.79 Å². The van der Waals surface area contributed by atoms with Crippen LogP contribution in [0, 0.1) is 0 Å². The molecule has 2 N–H and O–H groups in total. The molecule has 0 aromatic heterocycles. The SMILES string of the molecule is CC(=O)Oc1cccc(C(=O)NCCCNC(=O)c2ccccc2S)c1. The number of esters is 1. The fourth-order valence-electron chi connectivity index (χ4n) is 2.22. The van der Waals surface area contributed by atoms with Gasteiger partial charge in [-0.25, -0.2) is 0 Å².